The maximum Gasteiger partial charge on any atom is 0.275 e. The number of rotatable bonds is 4. The molecule has 0 saturated heterocycles. The third-order valence-electron chi connectivity index (χ3n) is 2.42. The van der Waals surface area contributed by atoms with Crippen LogP contribution in [0.25, 0.3) is 0 Å². The van der Waals surface area contributed by atoms with Gasteiger partial charge in [-0.05, 0) is 25.1 Å². The number of nitrogens with zero attached hydrogens (tertiary/aromatic N) is 2. The zero-order valence-electron chi connectivity index (χ0n) is 10.7. The molecule has 5 nitrogen and oxygen atoms in total. The van der Waals surface area contributed by atoms with Gasteiger partial charge in [0.1, 0.15) is 17.3 Å². The normalized spacial score (nSPS) is 10.2. The van der Waals surface area contributed by atoms with E-state index in [-0.39, 0.29) is 10.7 Å². The molecule has 2 aromatic rings. The van der Waals surface area contributed by atoms with E-state index < -0.39 is 11.7 Å². The summed E-state index contributed by atoms with van der Waals surface area (Å²) < 4.78 is 13.0. The molecule has 1 aromatic heterocycles. The van der Waals surface area contributed by atoms with Gasteiger partial charge in [0.05, 0.1) is 17.4 Å². The van der Waals surface area contributed by atoms with Gasteiger partial charge >= 0.3 is 0 Å². The minimum absolute atomic E-state index is 0.0589. The second-order valence-electron chi connectivity index (χ2n) is 3.90. The summed E-state index contributed by atoms with van der Waals surface area (Å²) in [7, 11) is 0. The number of halogens is 2. The maximum atomic E-state index is 13.0. The number of carbonyl (C=O) groups is 1. The maximum absolute atomic E-state index is 13.0. The van der Waals surface area contributed by atoms with Crippen LogP contribution in [0.15, 0.2) is 30.6 Å². The summed E-state index contributed by atoms with van der Waals surface area (Å²) in [5.41, 5.74) is 0.547. The van der Waals surface area contributed by atoms with E-state index in [1.165, 1.54) is 30.6 Å². The van der Waals surface area contributed by atoms with Gasteiger partial charge in [0.2, 0.25) is 0 Å². The van der Waals surface area contributed by atoms with Crippen LogP contribution in [-0.4, -0.2) is 22.4 Å². The molecule has 0 unspecified atom stereocenters. The average molecular weight is 295 g/mol. The Balaban J connectivity index is 2.09. The predicted molar refractivity (Wildman–Crippen MR) is 75.6 cm³/mol. The molecule has 2 rings (SSSR count). The molecule has 0 radical (unpaired) electrons. The van der Waals surface area contributed by atoms with E-state index >= 15 is 0 Å². The Bertz CT molecular complexity index is 618. The Morgan fingerprint density at radius 2 is 2.15 bits per heavy atom. The summed E-state index contributed by atoms with van der Waals surface area (Å²) >= 11 is 5.64. The summed E-state index contributed by atoms with van der Waals surface area (Å²) in [5, 5.41) is 5.48. The van der Waals surface area contributed by atoms with Crippen molar-refractivity contribution in [1.82, 2.24) is 9.97 Å². The molecule has 0 spiro atoms. The van der Waals surface area contributed by atoms with Gasteiger partial charge in [0, 0.05) is 12.2 Å². The standard InChI is InChI=1S/C13H12ClFN4O/c1-2-16-12-7-17-11(6-18-12)13(20)19-8-3-4-10(15)9(14)5-8/h3-7H,2H2,1H3,(H,16,18)(H,19,20). The van der Waals surface area contributed by atoms with Crippen molar-refractivity contribution in [3.05, 3.63) is 47.1 Å². The highest BCUT2D eigenvalue weighted by atomic mass is 35.5. The van der Waals surface area contributed by atoms with Gasteiger partial charge in [-0.15, -0.1) is 0 Å². The van der Waals surface area contributed by atoms with E-state index in [9.17, 15) is 9.18 Å². The quantitative estimate of drug-likeness (QED) is 0.910. The van der Waals surface area contributed by atoms with Crippen LogP contribution in [0.5, 0.6) is 0 Å². The first-order valence-corrected chi connectivity index (χ1v) is 6.30. The second kappa shape index (κ2) is 6.29. The molecular weight excluding hydrogens is 283 g/mol. The second-order valence-corrected chi connectivity index (χ2v) is 4.31. The number of anilines is 2. The molecule has 20 heavy (non-hydrogen) atoms. The van der Waals surface area contributed by atoms with Crippen LogP contribution in [0, 0.1) is 5.82 Å². The van der Waals surface area contributed by atoms with Crippen molar-refractivity contribution in [3.8, 4) is 0 Å². The average Bonchev–Trinajstić information content (AvgIpc) is 2.44. The van der Waals surface area contributed by atoms with Crippen molar-refractivity contribution in [2.24, 2.45) is 0 Å². The minimum Gasteiger partial charge on any atom is -0.369 e. The van der Waals surface area contributed by atoms with E-state index in [0.717, 1.165) is 0 Å². The SMILES string of the molecule is CCNc1cnc(C(=O)Nc2ccc(F)c(Cl)c2)cn1. The van der Waals surface area contributed by atoms with Gasteiger partial charge in [0.15, 0.2) is 0 Å². The largest absolute Gasteiger partial charge is 0.369 e. The van der Waals surface area contributed by atoms with Crippen molar-refractivity contribution in [2.75, 3.05) is 17.2 Å². The van der Waals surface area contributed by atoms with Crippen LogP contribution in [0.1, 0.15) is 17.4 Å². The van der Waals surface area contributed by atoms with Gasteiger partial charge in [-0.25, -0.2) is 14.4 Å². The van der Waals surface area contributed by atoms with E-state index in [1.807, 2.05) is 6.92 Å². The fourth-order valence-electron chi connectivity index (χ4n) is 1.49. The Labute approximate surface area is 120 Å². The first-order valence-electron chi connectivity index (χ1n) is 5.92. The highest BCUT2D eigenvalue weighted by Crippen LogP contribution is 2.19. The number of hydrogen-bond acceptors (Lipinski definition) is 4. The molecular formula is C13H12ClFN4O. The fraction of sp³-hybridized carbons (Fsp3) is 0.154. The summed E-state index contributed by atoms with van der Waals surface area (Å²) in [6, 6.07) is 3.92. The van der Waals surface area contributed by atoms with Crippen molar-refractivity contribution >= 4 is 29.0 Å². The lowest BCUT2D eigenvalue weighted by Gasteiger charge is -2.06. The Kier molecular flexibility index (Phi) is 4.47. The summed E-state index contributed by atoms with van der Waals surface area (Å²) in [5.74, 6) is -0.392. The lowest BCUT2D eigenvalue weighted by molar-refractivity contribution is 0.102. The smallest absolute Gasteiger partial charge is 0.275 e. The van der Waals surface area contributed by atoms with E-state index in [2.05, 4.69) is 20.6 Å². The first kappa shape index (κ1) is 14.2. The lowest BCUT2D eigenvalue weighted by Crippen LogP contribution is -2.14. The van der Waals surface area contributed by atoms with Gasteiger partial charge in [-0.1, -0.05) is 11.6 Å². The van der Waals surface area contributed by atoms with Crippen LogP contribution < -0.4 is 10.6 Å². The van der Waals surface area contributed by atoms with E-state index in [1.54, 1.807) is 0 Å². The number of aromatic nitrogens is 2. The van der Waals surface area contributed by atoms with Crippen molar-refractivity contribution in [3.63, 3.8) is 0 Å². The molecule has 0 aliphatic heterocycles. The summed E-state index contributed by atoms with van der Waals surface area (Å²) in [6.07, 6.45) is 2.83. The van der Waals surface area contributed by atoms with E-state index in [4.69, 9.17) is 11.6 Å². The van der Waals surface area contributed by atoms with E-state index in [0.29, 0.717) is 18.1 Å². The zero-order valence-corrected chi connectivity index (χ0v) is 11.4. The van der Waals surface area contributed by atoms with Crippen LogP contribution >= 0.6 is 11.6 Å². The van der Waals surface area contributed by atoms with Gasteiger partial charge in [0.25, 0.3) is 5.91 Å². The molecule has 1 aromatic carbocycles. The van der Waals surface area contributed by atoms with Gasteiger partial charge in [-0.3, -0.25) is 4.79 Å². The zero-order chi connectivity index (χ0) is 14.5. The van der Waals surface area contributed by atoms with Gasteiger partial charge in [-0.2, -0.15) is 0 Å². The Morgan fingerprint density at radius 3 is 2.75 bits per heavy atom. The minimum atomic E-state index is -0.542. The number of amides is 1. The molecule has 104 valence electrons. The molecule has 0 saturated carbocycles. The summed E-state index contributed by atoms with van der Waals surface area (Å²) in [6.45, 7) is 2.65. The topological polar surface area (TPSA) is 66.9 Å². The van der Waals surface area contributed by atoms with Gasteiger partial charge < -0.3 is 10.6 Å². The molecule has 1 heterocycles. The van der Waals surface area contributed by atoms with Crippen LogP contribution in [0.4, 0.5) is 15.9 Å². The third-order valence-corrected chi connectivity index (χ3v) is 2.71. The first-order chi connectivity index (χ1) is 9.60. The molecule has 1 amide bonds. The fourth-order valence-corrected chi connectivity index (χ4v) is 1.67. The molecule has 0 fully saturated rings. The van der Waals surface area contributed by atoms with Crippen molar-refractivity contribution < 1.29 is 9.18 Å². The van der Waals surface area contributed by atoms with Crippen molar-refractivity contribution in [2.45, 2.75) is 6.92 Å². The Hall–Kier alpha value is -2.21. The summed E-state index contributed by atoms with van der Waals surface area (Å²) in [4.78, 5) is 19.9. The number of nitrogens with one attached hydrogen (secondary N) is 2. The number of benzene rings is 1. The molecule has 2 N–H and O–H groups in total. The highest BCUT2D eigenvalue weighted by Gasteiger charge is 2.09. The number of carbonyl (C=O) groups excluding carboxylic acids is 1. The van der Waals surface area contributed by atoms with Crippen LogP contribution in [0.3, 0.4) is 0 Å². The Morgan fingerprint density at radius 1 is 1.35 bits per heavy atom. The van der Waals surface area contributed by atoms with Crippen LogP contribution in [0.2, 0.25) is 5.02 Å². The molecule has 0 aliphatic carbocycles. The molecule has 0 bridgehead atoms. The highest BCUT2D eigenvalue weighted by molar-refractivity contribution is 6.31. The van der Waals surface area contributed by atoms with Crippen molar-refractivity contribution in [1.29, 1.82) is 0 Å². The monoisotopic (exact) mass is 294 g/mol. The lowest BCUT2D eigenvalue weighted by atomic mass is 10.3. The molecule has 0 atom stereocenters. The molecule has 0 aliphatic rings. The predicted octanol–water partition coefficient (Wildman–Crippen LogP) is 2.95. The molecule has 7 heteroatoms. The van der Waals surface area contributed by atoms with Crippen LogP contribution in [-0.2, 0) is 0 Å². The third kappa shape index (κ3) is 3.42. The number of hydrogen-bond donors (Lipinski definition) is 2.